The molecular weight excluding hydrogens is 210 g/mol. The first-order valence-electron chi connectivity index (χ1n) is 7.01. The normalized spacial score (nSPS) is 11.3. The topological polar surface area (TPSA) is 29.9 Å². The van der Waals surface area contributed by atoms with Crippen LogP contribution in [0.15, 0.2) is 12.5 Å². The number of hydrogen-bond acceptors (Lipinski definition) is 2. The lowest BCUT2D eigenvalue weighted by Gasteiger charge is -2.12. The molecule has 0 atom stereocenters. The third-order valence-electron chi connectivity index (χ3n) is 3.30. The van der Waals surface area contributed by atoms with E-state index in [1.807, 2.05) is 6.33 Å². The molecule has 0 saturated carbocycles. The van der Waals surface area contributed by atoms with Gasteiger partial charge < -0.3 is 9.88 Å². The number of nitrogens with zero attached hydrogens (tertiary/aromatic N) is 2. The van der Waals surface area contributed by atoms with Crippen molar-refractivity contribution >= 4 is 0 Å². The van der Waals surface area contributed by atoms with Crippen LogP contribution in [0.2, 0.25) is 0 Å². The predicted octanol–water partition coefficient (Wildman–Crippen LogP) is 2.86. The van der Waals surface area contributed by atoms with Gasteiger partial charge in [0.15, 0.2) is 0 Å². The van der Waals surface area contributed by atoms with Crippen LogP contribution in [0.25, 0.3) is 0 Å². The summed E-state index contributed by atoms with van der Waals surface area (Å²) in [6.45, 7) is 9.98. The molecule has 98 valence electrons. The van der Waals surface area contributed by atoms with Crippen molar-refractivity contribution in [1.29, 1.82) is 0 Å². The smallest absolute Gasteiger partial charge is 0.0949 e. The van der Waals surface area contributed by atoms with Crippen LogP contribution in [0.4, 0.5) is 0 Å². The van der Waals surface area contributed by atoms with E-state index in [1.165, 1.54) is 25.0 Å². The van der Waals surface area contributed by atoms with Gasteiger partial charge in [-0.1, -0.05) is 33.6 Å². The maximum atomic E-state index is 4.46. The van der Waals surface area contributed by atoms with Crippen LogP contribution in [0.5, 0.6) is 0 Å². The molecule has 1 N–H and O–H groups in total. The standard InChI is InChI=1S/C14H27N3/c1-4-8-15-9-7-14-11-17(12-16-14)10-13(5-2)6-3/h11-13,15H,4-10H2,1-3H3. The van der Waals surface area contributed by atoms with E-state index in [-0.39, 0.29) is 0 Å². The van der Waals surface area contributed by atoms with Crippen molar-refractivity contribution < 1.29 is 0 Å². The van der Waals surface area contributed by atoms with Gasteiger partial charge in [-0.15, -0.1) is 0 Å². The second-order valence-electron chi connectivity index (χ2n) is 4.74. The SMILES string of the molecule is CCCNCCc1cn(CC(CC)CC)cn1. The van der Waals surface area contributed by atoms with Gasteiger partial charge in [0, 0.05) is 25.7 Å². The van der Waals surface area contributed by atoms with E-state index < -0.39 is 0 Å². The highest BCUT2D eigenvalue weighted by Gasteiger charge is 2.05. The Labute approximate surface area is 106 Å². The molecule has 0 aliphatic carbocycles. The summed E-state index contributed by atoms with van der Waals surface area (Å²) in [5.74, 6) is 0.787. The molecule has 0 aliphatic rings. The number of rotatable bonds is 9. The van der Waals surface area contributed by atoms with Gasteiger partial charge in [-0.05, 0) is 18.9 Å². The molecule has 17 heavy (non-hydrogen) atoms. The number of nitrogens with one attached hydrogen (secondary N) is 1. The predicted molar refractivity (Wildman–Crippen MR) is 73.2 cm³/mol. The van der Waals surface area contributed by atoms with E-state index in [0.29, 0.717) is 0 Å². The second kappa shape index (κ2) is 8.29. The molecule has 1 aromatic rings. The van der Waals surface area contributed by atoms with Crippen molar-refractivity contribution in [2.45, 2.75) is 53.0 Å². The maximum absolute atomic E-state index is 4.46. The Balaban J connectivity index is 2.32. The minimum atomic E-state index is 0.787. The largest absolute Gasteiger partial charge is 0.337 e. The van der Waals surface area contributed by atoms with Gasteiger partial charge in [-0.25, -0.2) is 4.98 Å². The molecule has 0 aliphatic heterocycles. The molecule has 0 bridgehead atoms. The highest BCUT2D eigenvalue weighted by Crippen LogP contribution is 2.11. The zero-order valence-corrected chi connectivity index (χ0v) is 11.6. The Kier molecular flexibility index (Phi) is 6.94. The summed E-state index contributed by atoms with van der Waals surface area (Å²) in [6, 6.07) is 0. The summed E-state index contributed by atoms with van der Waals surface area (Å²) >= 11 is 0. The first kappa shape index (κ1) is 14.2. The monoisotopic (exact) mass is 237 g/mol. The van der Waals surface area contributed by atoms with Gasteiger partial charge >= 0.3 is 0 Å². The first-order chi connectivity index (χ1) is 8.30. The molecule has 0 amide bonds. The number of imidazole rings is 1. The van der Waals surface area contributed by atoms with Crippen LogP contribution in [0.1, 0.15) is 45.7 Å². The summed E-state index contributed by atoms with van der Waals surface area (Å²) in [4.78, 5) is 4.46. The third-order valence-corrected chi connectivity index (χ3v) is 3.30. The zero-order valence-electron chi connectivity index (χ0n) is 11.6. The Morgan fingerprint density at radius 2 is 2.00 bits per heavy atom. The molecular formula is C14H27N3. The molecule has 0 spiro atoms. The van der Waals surface area contributed by atoms with Crippen molar-refractivity contribution in [3.05, 3.63) is 18.2 Å². The van der Waals surface area contributed by atoms with E-state index in [4.69, 9.17) is 0 Å². The summed E-state index contributed by atoms with van der Waals surface area (Å²) in [5, 5.41) is 3.41. The van der Waals surface area contributed by atoms with Crippen LogP contribution >= 0.6 is 0 Å². The molecule has 0 radical (unpaired) electrons. The molecule has 1 heterocycles. The molecule has 3 nitrogen and oxygen atoms in total. The van der Waals surface area contributed by atoms with Gasteiger partial charge in [0.1, 0.15) is 0 Å². The molecule has 0 saturated heterocycles. The van der Waals surface area contributed by atoms with Crippen LogP contribution in [-0.4, -0.2) is 22.6 Å². The summed E-state index contributed by atoms with van der Waals surface area (Å²) in [6.07, 6.45) is 8.92. The van der Waals surface area contributed by atoms with Gasteiger partial charge in [0.25, 0.3) is 0 Å². The van der Waals surface area contributed by atoms with Gasteiger partial charge in [0.2, 0.25) is 0 Å². The number of aromatic nitrogens is 2. The Hall–Kier alpha value is -0.830. The molecule has 1 aromatic heterocycles. The van der Waals surface area contributed by atoms with E-state index in [2.05, 4.69) is 41.8 Å². The Morgan fingerprint density at radius 3 is 2.65 bits per heavy atom. The first-order valence-corrected chi connectivity index (χ1v) is 7.01. The summed E-state index contributed by atoms with van der Waals surface area (Å²) < 4.78 is 2.24. The Bertz CT molecular complexity index is 289. The van der Waals surface area contributed by atoms with Crippen molar-refractivity contribution in [2.75, 3.05) is 13.1 Å². The molecule has 0 aromatic carbocycles. The van der Waals surface area contributed by atoms with E-state index in [1.54, 1.807) is 0 Å². The lowest BCUT2D eigenvalue weighted by molar-refractivity contribution is 0.418. The minimum Gasteiger partial charge on any atom is -0.337 e. The maximum Gasteiger partial charge on any atom is 0.0949 e. The fourth-order valence-corrected chi connectivity index (χ4v) is 2.00. The van der Waals surface area contributed by atoms with E-state index in [9.17, 15) is 0 Å². The van der Waals surface area contributed by atoms with Crippen LogP contribution in [0.3, 0.4) is 0 Å². The van der Waals surface area contributed by atoms with E-state index in [0.717, 1.165) is 32.0 Å². The van der Waals surface area contributed by atoms with Crippen molar-refractivity contribution in [3.63, 3.8) is 0 Å². The van der Waals surface area contributed by atoms with Crippen molar-refractivity contribution in [3.8, 4) is 0 Å². The zero-order chi connectivity index (χ0) is 12.5. The minimum absolute atomic E-state index is 0.787. The van der Waals surface area contributed by atoms with Crippen molar-refractivity contribution in [2.24, 2.45) is 5.92 Å². The van der Waals surface area contributed by atoms with Gasteiger partial charge in [-0.2, -0.15) is 0 Å². The van der Waals surface area contributed by atoms with E-state index >= 15 is 0 Å². The Morgan fingerprint density at radius 1 is 1.24 bits per heavy atom. The van der Waals surface area contributed by atoms with Crippen LogP contribution in [-0.2, 0) is 13.0 Å². The highest BCUT2D eigenvalue weighted by molar-refractivity contribution is 4.97. The second-order valence-corrected chi connectivity index (χ2v) is 4.74. The highest BCUT2D eigenvalue weighted by atomic mass is 15.0. The third kappa shape index (κ3) is 5.35. The lowest BCUT2D eigenvalue weighted by atomic mass is 10.0. The van der Waals surface area contributed by atoms with Crippen LogP contribution < -0.4 is 5.32 Å². The lowest BCUT2D eigenvalue weighted by Crippen LogP contribution is -2.17. The molecule has 1 rings (SSSR count). The van der Waals surface area contributed by atoms with Gasteiger partial charge in [-0.3, -0.25) is 0 Å². The average molecular weight is 237 g/mol. The average Bonchev–Trinajstić information content (AvgIpc) is 2.79. The molecule has 0 fully saturated rings. The quantitative estimate of drug-likeness (QED) is 0.669. The molecule has 3 heteroatoms. The van der Waals surface area contributed by atoms with Gasteiger partial charge in [0.05, 0.1) is 12.0 Å². The number of hydrogen-bond donors (Lipinski definition) is 1. The van der Waals surface area contributed by atoms with Crippen molar-refractivity contribution in [1.82, 2.24) is 14.9 Å². The molecule has 0 unspecified atom stereocenters. The van der Waals surface area contributed by atoms with Crippen LogP contribution in [0, 0.1) is 5.92 Å². The summed E-state index contributed by atoms with van der Waals surface area (Å²) in [7, 11) is 0. The fraction of sp³-hybridized carbons (Fsp3) is 0.786. The fourth-order valence-electron chi connectivity index (χ4n) is 2.00. The summed E-state index contributed by atoms with van der Waals surface area (Å²) in [5.41, 5.74) is 1.21.